The number of methoxy groups -OCH3 is 1. The van der Waals surface area contributed by atoms with Gasteiger partial charge in [-0.3, -0.25) is 33.6 Å². The van der Waals surface area contributed by atoms with Crippen LogP contribution in [-0.4, -0.2) is 199 Å². The zero-order valence-corrected chi connectivity index (χ0v) is 84.7. The first-order valence-corrected chi connectivity index (χ1v) is 50.3. The zero-order chi connectivity index (χ0) is 106. The molecule has 7 N–H and O–H groups in total. The number of ether oxygens (including phenoxy) is 1. The van der Waals surface area contributed by atoms with E-state index in [0.29, 0.717) is 69.3 Å². The maximum atomic E-state index is 13.4. The highest BCUT2D eigenvalue weighted by Gasteiger charge is 2.51. The Bertz CT molecular complexity index is 6910. The molecule has 0 unspecified atom stereocenters. The largest absolute Gasteiger partial charge is 0.496 e. The molecule has 0 amide bonds. The molecule has 7 aliphatic carbocycles. The highest BCUT2D eigenvalue weighted by atomic mass is 35.5. The fourth-order valence-electron chi connectivity index (χ4n) is 18.6. The molecule has 0 radical (unpaired) electrons. The standard InChI is InChI=1S/C17H18N2O3.3C17H18N2O2.C16H14ClFN2O2.C16H15ClN2O2.C16H14F2N2O2/c1-22-15-5-3-2-4-13(15)17(6-7-17)8-16-18-9-12(10-19-16)14(21)11-20;1-12-2-4-14(5-3-12)17(6-7-17)8-16-18-9-13(10-19-16)15(21)11-20;1-12-3-2-4-14(7-12)17(5-6-17)8-16-18-9-13(10-19-16)15(21)11-20;20-12-15(21)13-10-18-16(19-11-13)9-17(7-4-8-17)14-5-2-1-3-6-14;17-12-5-11(1-2-13(12)18)16(3-4-16)6-15-19-7-10(8-20-15)14(22)9-21;17-13-3-1-12(2-4-13)16(5-6-16)7-15-18-8-11(9-19-15)14(21)10-20;17-12-3-11(4-13(18)5-12)16(1-2-16)6-15-19-7-10(8-20-15)14(22)9-21/h2-5,9-10,20H,6-8,11H2,1H3;2-5,9-10,20H,6-8,11H2,1H3;2-4,7,9-10,20H,5-6,8,11H2,1H3;1-3,5-6,10-11,20H,4,7-9,12H2;1-2,5,7-8,21H,3-4,6,9H2;1-4,8-9,20H,5-7,10H2;3-5,7-8,21H,1-2,6,9H2. The average molecular weight is 2070 g/mol. The van der Waals surface area contributed by atoms with E-state index in [1.807, 2.05) is 36.4 Å². The van der Waals surface area contributed by atoms with Gasteiger partial charge in [-0.15, -0.1) is 0 Å². The number of benzene rings is 7. The van der Waals surface area contributed by atoms with Gasteiger partial charge in [-0.05, 0) is 180 Å². The number of Topliss-reactive ketones (excluding diaryl/α,β-unsaturated/α-hetero) is 7. The molecule has 29 nitrogen and oxygen atoms in total. The third-order valence-electron chi connectivity index (χ3n) is 28.9. The van der Waals surface area contributed by atoms with Crippen LogP contribution in [0.2, 0.25) is 10.0 Å². The Morgan fingerprint density at radius 2 is 0.533 bits per heavy atom. The van der Waals surface area contributed by atoms with E-state index in [1.165, 1.54) is 150 Å². The Morgan fingerprint density at radius 1 is 0.273 bits per heavy atom. The number of hydrogen-bond donors (Lipinski definition) is 7. The summed E-state index contributed by atoms with van der Waals surface area (Å²) in [6.07, 6.45) is 41.6. The van der Waals surface area contributed by atoms with Crippen LogP contribution in [0.15, 0.2) is 251 Å². The number of carbonyl (C=O) groups is 7. The molecule has 7 aromatic heterocycles. The monoisotopic (exact) mass is 2070 g/mol. The summed E-state index contributed by atoms with van der Waals surface area (Å²) in [5.41, 5.74) is 13.1. The lowest BCUT2D eigenvalue weighted by atomic mass is 9.62. The number of aliphatic hydroxyl groups is 7. The molecule has 7 saturated carbocycles. The lowest BCUT2D eigenvalue weighted by Crippen LogP contribution is -2.37. The number of hydrogen-bond acceptors (Lipinski definition) is 29. The van der Waals surface area contributed by atoms with Crippen molar-refractivity contribution in [2.24, 2.45) is 0 Å². The lowest BCUT2D eigenvalue weighted by Gasteiger charge is -2.42. The number of aryl methyl sites for hydroxylation is 2. The van der Waals surface area contributed by atoms with Gasteiger partial charge in [0.1, 0.15) is 110 Å². The minimum atomic E-state index is -0.592. The number of ketones is 7. The third kappa shape index (κ3) is 28.2. The van der Waals surface area contributed by atoms with Gasteiger partial charge < -0.3 is 40.5 Å². The highest BCUT2D eigenvalue weighted by Crippen LogP contribution is 2.57. The van der Waals surface area contributed by atoms with Crippen molar-refractivity contribution in [2.75, 3.05) is 53.4 Å². The van der Waals surface area contributed by atoms with Gasteiger partial charge in [-0.25, -0.2) is 82.9 Å². The first kappa shape index (κ1) is 110. The first-order valence-electron chi connectivity index (χ1n) is 49.5. The fourth-order valence-corrected chi connectivity index (χ4v) is 18.9. The lowest BCUT2D eigenvalue weighted by molar-refractivity contribution is 0.0897. The van der Waals surface area contributed by atoms with E-state index in [0.717, 1.165) is 168 Å². The molecular formula is C116H115Cl2F3N14O15. The van der Waals surface area contributed by atoms with Gasteiger partial charge in [0.2, 0.25) is 0 Å². The van der Waals surface area contributed by atoms with E-state index in [2.05, 4.69) is 175 Å². The number of aliphatic hydroxyl groups excluding tert-OH is 7. The quantitative estimate of drug-likeness (QED) is 0.0179. The molecule has 774 valence electrons. The second-order valence-corrected chi connectivity index (χ2v) is 40.3. The van der Waals surface area contributed by atoms with Crippen LogP contribution in [0.3, 0.4) is 0 Å². The summed E-state index contributed by atoms with van der Waals surface area (Å²) < 4.78 is 45.5. The molecule has 7 aliphatic rings. The summed E-state index contributed by atoms with van der Waals surface area (Å²) >= 11 is 11.8. The second-order valence-electron chi connectivity index (χ2n) is 39.4. The van der Waals surface area contributed by atoms with Crippen LogP contribution >= 0.6 is 23.2 Å². The van der Waals surface area contributed by atoms with Crippen molar-refractivity contribution in [3.63, 3.8) is 0 Å². The maximum Gasteiger partial charge on any atom is 0.191 e. The summed E-state index contributed by atoms with van der Waals surface area (Å²) in [5.74, 6) is 1.49. The second kappa shape index (κ2) is 49.4. The summed E-state index contributed by atoms with van der Waals surface area (Å²) in [5, 5.41) is 62.6. The third-order valence-corrected chi connectivity index (χ3v) is 29.5. The minimum absolute atomic E-state index is 0.0368. The molecule has 7 heterocycles. The van der Waals surface area contributed by atoms with Gasteiger partial charge in [0, 0.05) is 186 Å². The van der Waals surface area contributed by atoms with Crippen LogP contribution in [-0.2, 0) is 82.9 Å². The van der Waals surface area contributed by atoms with Gasteiger partial charge in [0.25, 0.3) is 0 Å². The summed E-state index contributed by atoms with van der Waals surface area (Å²) in [6.45, 7) is 0.499. The number of rotatable bonds is 36. The van der Waals surface area contributed by atoms with Crippen molar-refractivity contribution in [3.05, 3.63) is 408 Å². The Kier molecular flexibility index (Phi) is 36.2. The molecule has 0 atom stereocenters. The van der Waals surface area contributed by atoms with E-state index in [9.17, 15) is 46.7 Å². The predicted octanol–water partition coefficient (Wildman–Crippen LogP) is 16.2. The van der Waals surface area contributed by atoms with Crippen LogP contribution in [0.25, 0.3) is 0 Å². The molecule has 0 bridgehead atoms. The van der Waals surface area contributed by atoms with Crippen molar-refractivity contribution >= 4 is 63.7 Å². The number of nitrogens with zero attached hydrogens (tertiary/aromatic N) is 14. The van der Waals surface area contributed by atoms with Crippen LogP contribution in [0, 0.1) is 31.3 Å². The molecule has 7 fully saturated rings. The van der Waals surface area contributed by atoms with Crippen LogP contribution < -0.4 is 4.74 Å². The summed E-state index contributed by atoms with van der Waals surface area (Å²) in [7, 11) is 1.68. The fraction of sp³-hybridized carbons (Fsp3) is 0.336. The molecule has 150 heavy (non-hydrogen) atoms. The number of carbonyl (C=O) groups excluding carboxylic acids is 7. The average Bonchev–Trinajstić information content (AvgIpc) is 1.21. The van der Waals surface area contributed by atoms with E-state index in [1.54, 1.807) is 19.2 Å². The molecule has 0 spiro atoms. The predicted molar refractivity (Wildman–Crippen MR) is 552 cm³/mol. The number of aromatic nitrogens is 14. The molecule has 7 aromatic carbocycles. The summed E-state index contributed by atoms with van der Waals surface area (Å²) in [4.78, 5) is 139. The van der Waals surface area contributed by atoms with E-state index in [-0.39, 0.29) is 77.4 Å². The van der Waals surface area contributed by atoms with Crippen molar-refractivity contribution in [2.45, 2.75) is 193 Å². The van der Waals surface area contributed by atoms with Crippen molar-refractivity contribution in [1.82, 2.24) is 69.8 Å². The Morgan fingerprint density at radius 3 is 0.820 bits per heavy atom. The van der Waals surface area contributed by atoms with E-state index >= 15 is 0 Å². The van der Waals surface area contributed by atoms with Crippen LogP contribution in [0.4, 0.5) is 13.2 Å². The molecule has 0 aliphatic heterocycles. The van der Waals surface area contributed by atoms with Crippen LogP contribution in [0.1, 0.15) is 260 Å². The Labute approximate surface area is 875 Å². The maximum absolute atomic E-state index is 13.4. The van der Waals surface area contributed by atoms with Crippen molar-refractivity contribution in [3.8, 4) is 5.75 Å². The Balaban J connectivity index is 0.000000131. The molecule has 21 rings (SSSR count). The minimum Gasteiger partial charge on any atom is -0.496 e. The van der Waals surface area contributed by atoms with Gasteiger partial charge in [0.15, 0.2) is 40.5 Å². The molecule has 14 aromatic rings. The van der Waals surface area contributed by atoms with Crippen molar-refractivity contribution < 1.29 is 87.2 Å². The van der Waals surface area contributed by atoms with Gasteiger partial charge in [0.05, 0.1) is 51.1 Å². The number of para-hydroxylation sites is 1. The van der Waals surface area contributed by atoms with Gasteiger partial charge >= 0.3 is 0 Å². The van der Waals surface area contributed by atoms with Gasteiger partial charge in [-0.1, -0.05) is 156 Å². The normalized spacial score (nSPS) is 15.7. The molecule has 0 saturated heterocycles. The van der Waals surface area contributed by atoms with Crippen molar-refractivity contribution in [1.29, 1.82) is 0 Å². The van der Waals surface area contributed by atoms with E-state index < -0.39 is 75.3 Å². The number of halogens is 5. The Hall–Kier alpha value is -14.3. The summed E-state index contributed by atoms with van der Waals surface area (Å²) in [6, 6.07) is 52.0. The molecular weight excluding hydrogens is 1960 g/mol. The van der Waals surface area contributed by atoms with Gasteiger partial charge in [-0.2, -0.15) is 0 Å². The SMILES string of the molecule is COc1ccccc1C1(Cc2ncc(C(=O)CO)cn2)CC1.Cc1ccc(C2(Cc3ncc(C(=O)CO)cn3)CC2)cc1.Cc1cccc(C2(Cc3ncc(C(=O)CO)cn3)CC2)c1.O=C(CO)c1cnc(CC2(c3cc(F)cc(F)c3)CC2)nc1.O=C(CO)c1cnc(CC2(c3ccc(Cl)cc3)CC2)nc1.O=C(CO)c1cnc(CC2(c3ccc(F)c(Cl)c3)CC2)nc1.O=C(CO)c1cnc(CC2(c3ccccc3)CCC2)nc1. The van der Waals surface area contributed by atoms with E-state index in [4.69, 9.17) is 63.7 Å². The highest BCUT2D eigenvalue weighted by molar-refractivity contribution is 6.31. The van der Waals surface area contributed by atoms with Crippen LogP contribution in [0.5, 0.6) is 5.75 Å². The topological polar surface area (TPSA) is 451 Å². The first-order chi connectivity index (χ1) is 72.4. The molecule has 34 heteroatoms. The smallest absolute Gasteiger partial charge is 0.191 e. The zero-order valence-electron chi connectivity index (χ0n) is 83.2.